The zero-order valence-corrected chi connectivity index (χ0v) is 12.4. The summed E-state index contributed by atoms with van der Waals surface area (Å²) in [6.07, 6.45) is 0. The summed E-state index contributed by atoms with van der Waals surface area (Å²) < 4.78 is 31.7. The van der Waals surface area contributed by atoms with Crippen molar-refractivity contribution >= 4 is 16.0 Å². The zero-order valence-electron chi connectivity index (χ0n) is 11.6. The second-order valence-corrected chi connectivity index (χ2v) is 6.39. The summed E-state index contributed by atoms with van der Waals surface area (Å²) in [4.78, 5) is 11.0. The van der Waals surface area contributed by atoms with Crippen molar-refractivity contribution in [1.29, 1.82) is 0 Å². The number of rotatable bonds is 5. The van der Waals surface area contributed by atoms with Crippen LogP contribution in [0.4, 0.5) is 0 Å². The van der Waals surface area contributed by atoms with Gasteiger partial charge in [0, 0.05) is 0 Å². The van der Waals surface area contributed by atoms with Crippen LogP contribution in [-0.4, -0.2) is 19.5 Å². The maximum absolute atomic E-state index is 12.1. The van der Waals surface area contributed by atoms with Crippen molar-refractivity contribution in [3.8, 4) is 0 Å². The monoisotopic (exact) mass is 309 g/mol. The second-order valence-electron chi connectivity index (χ2n) is 4.63. The predicted molar refractivity (Wildman–Crippen MR) is 75.6 cm³/mol. The van der Waals surface area contributed by atoms with Gasteiger partial charge in [0.1, 0.15) is 17.1 Å². The SMILES string of the molecule is Cc1ccc(S(=O)(=O)NCc2cc(C(=O)O)c(C)o2)cc1. The molecule has 0 spiro atoms. The molecule has 0 amide bonds. The van der Waals surface area contributed by atoms with Crippen molar-refractivity contribution in [3.05, 3.63) is 53.0 Å². The van der Waals surface area contributed by atoms with E-state index in [1.807, 2.05) is 6.92 Å². The molecular formula is C14H15NO5S. The van der Waals surface area contributed by atoms with Crippen molar-refractivity contribution in [1.82, 2.24) is 4.72 Å². The third-order valence-corrected chi connectivity index (χ3v) is 4.38. The highest BCUT2D eigenvalue weighted by atomic mass is 32.2. The molecule has 0 fully saturated rings. The topological polar surface area (TPSA) is 96.6 Å². The third-order valence-electron chi connectivity index (χ3n) is 2.97. The molecule has 6 nitrogen and oxygen atoms in total. The van der Waals surface area contributed by atoms with Crippen LogP contribution in [0.3, 0.4) is 0 Å². The summed E-state index contributed by atoms with van der Waals surface area (Å²) in [6, 6.07) is 7.74. The summed E-state index contributed by atoms with van der Waals surface area (Å²) in [7, 11) is -3.66. The van der Waals surface area contributed by atoms with Crippen molar-refractivity contribution in [2.75, 3.05) is 0 Å². The first-order chi connectivity index (χ1) is 9.79. The number of furan rings is 1. The number of carboxylic acids is 1. The Labute approximate surface area is 122 Å². The lowest BCUT2D eigenvalue weighted by Gasteiger charge is -2.05. The Morgan fingerprint density at radius 1 is 1.24 bits per heavy atom. The van der Waals surface area contributed by atoms with Crippen molar-refractivity contribution in [2.45, 2.75) is 25.3 Å². The maximum atomic E-state index is 12.1. The predicted octanol–water partition coefficient (Wildman–Crippen LogP) is 2.07. The van der Waals surface area contributed by atoms with Gasteiger partial charge in [-0.15, -0.1) is 0 Å². The molecule has 21 heavy (non-hydrogen) atoms. The Morgan fingerprint density at radius 3 is 2.38 bits per heavy atom. The zero-order chi connectivity index (χ0) is 15.6. The van der Waals surface area contributed by atoms with Gasteiger partial charge in [-0.05, 0) is 32.0 Å². The van der Waals surface area contributed by atoms with E-state index in [-0.39, 0.29) is 28.5 Å². The third kappa shape index (κ3) is 3.50. The Balaban J connectivity index is 2.13. The van der Waals surface area contributed by atoms with Gasteiger partial charge in [0.2, 0.25) is 10.0 Å². The molecule has 2 N–H and O–H groups in total. The Morgan fingerprint density at radius 2 is 1.86 bits per heavy atom. The molecule has 2 aromatic rings. The molecule has 0 radical (unpaired) electrons. The first kappa shape index (κ1) is 15.3. The number of hydrogen-bond donors (Lipinski definition) is 2. The fraction of sp³-hybridized carbons (Fsp3) is 0.214. The molecule has 0 bridgehead atoms. The lowest BCUT2D eigenvalue weighted by atomic mass is 10.2. The first-order valence-electron chi connectivity index (χ1n) is 6.18. The summed E-state index contributed by atoms with van der Waals surface area (Å²) >= 11 is 0. The Kier molecular flexibility index (Phi) is 4.15. The van der Waals surface area contributed by atoms with Crippen molar-refractivity contribution in [2.24, 2.45) is 0 Å². The summed E-state index contributed by atoms with van der Waals surface area (Å²) in [5, 5.41) is 8.91. The molecule has 0 aliphatic rings. The maximum Gasteiger partial charge on any atom is 0.339 e. The summed E-state index contributed by atoms with van der Waals surface area (Å²) in [5.41, 5.74) is 0.987. The van der Waals surface area contributed by atoms with Gasteiger partial charge in [-0.3, -0.25) is 0 Å². The average molecular weight is 309 g/mol. The number of aromatic carboxylic acids is 1. The normalized spacial score (nSPS) is 11.5. The highest BCUT2D eigenvalue weighted by Gasteiger charge is 2.17. The van der Waals surface area contributed by atoms with Crippen LogP contribution in [0.15, 0.2) is 39.6 Å². The van der Waals surface area contributed by atoms with E-state index >= 15 is 0 Å². The quantitative estimate of drug-likeness (QED) is 0.881. The molecule has 0 aliphatic heterocycles. The summed E-state index contributed by atoms with van der Waals surface area (Å²) in [5.74, 6) is -0.614. The van der Waals surface area contributed by atoms with Crippen LogP contribution >= 0.6 is 0 Å². The fourth-order valence-electron chi connectivity index (χ4n) is 1.81. The van der Waals surface area contributed by atoms with Crippen LogP contribution in [0.25, 0.3) is 0 Å². The van der Waals surface area contributed by atoms with Gasteiger partial charge in [0.25, 0.3) is 0 Å². The first-order valence-corrected chi connectivity index (χ1v) is 7.67. The van der Waals surface area contributed by atoms with E-state index in [1.54, 1.807) is 12.1 Å². The number of aryl methyl sites for hydroxylation is 2. The minimum absolute atomic E-state index is 0.0273. The number of sulfonamides is 1. The van der Waals surface area contributed by atoms with E-state index < -0.39 is 16.0 Å². The molecule has 0 unspecified atom stereocenters. The molecule has 0 saturated carbocycles. The minimum Gasteiger partial charge on any atom is -0.478 e. The number of hydrogen-bond acceptors (Lipinski definition) is 4. The Bertz CT molecular complexity index is 759. The van der Waals surface area contributed by atoms with Crippen LogP contribution in [-0.2, 0) is 16.6 Å². The van der Waals surface area contributed by atoms with Crippen LogP contribution in [0.2, 0.25) is 0 Å². The van der Waals surface area contributed by atoms with Crippen LogP contribution < -0.4 is 4.72 Å². The molecule has 0 saturated heterocycles. The van der Waals surface area contributed by atoms with E-state index in [0.29, 0.717) is 0 Å². The van der Waals surface area contributed by atoms with Crippen molar-refractivity contribution in [3.63, 3.8) is 0 Å². The van der Waals surface area contributed by atoms with Gasteiger partial charge in [-0.1, -0.05) is 17.7 Å². The molecular weight excluding hydrogens is 294 g/mol. The molecule has 0 atom stereocenters. The van der Waals surface area contributed by atoms with Gasteiger partial charge < -0.3 is 9.52 Å². The average Bonchev–Trinajstić information content (AvgIpc) is 2.79. The van der Waals surface area contributed by atoms with E-state index in [4.69, 9.17) is 9.52 Å². The lowest BCUT2D eigenvalue weighted by molar-refractivity contribution is 0.0695. The second kappa shape index (κ2) is 5.71. The molecule has 1 aromatic heterocycles. The summed E-state index contributed by atoms with van der Waals surface area (Å²) in [6.45, 7) is 3.27. The lowest BCUT2D eigenvalue weighted by Crippen LogP contribution is -2.23. The van der Waals surface area contributed by atoms with E-state index in [0.717, 1.165) is 5.56 Å². The molecule has 1 heterocycles. The van der Waals surface area contributed by atoms with Crippen LogP contribution in [0.1, 0.15) is 27.4 Å². The molecule has 0 aliphatic carbocycles. The van der Waals surface area contributed by atoms with E-state index in [1.165, 1.54) is 25.1 Å². The van der Waals surface area contributed by atoms with E-state index in [9.17, 15) is 13.2 Å². The number of carbonyl (C=O) groups is 1. The standard InChI is InChI=1S/C14H15NO5S/c1-9-3-5-12(6-4-9)21(18,19)15-8-11-7-13(14(16)17)10(2)20-11/h3-7,15H,8H2,1-2H3,(H,16,17). The van der Waals surface area contributed by atoms with Crippen molar-refractivity contribution < 1.29 is 22.7 Å². The van der Waals surface area contributed by atoms with Crippen LogP contribution in [0, 0.1) is 13.8 Å². The van der Waals surface area contributed by atoms with Gasteiger partial charge in [-0.25, -0.2) is 17.9 Å². The van der Waals surface area contributed by atoms with Crippen LogP contribution in [0.5, 0.6) is 0 Å². The number of nitrogens with one attached hydrogen (secondary N) is 1. The minimum atomic E-state index is -3.66. The smallest absolute Gasteiger partial charge is 0.339 e. The Hall–Kier alpha value is -2.12. The molecule has 1 aromatic carbocycles. The highest BCUT2D eigenvalue weighted by Crippen LogP contribution is 2.16. The largest absolute Gasteiger partial charge is 0.478 e. The van der Waals surface area contributed by atoms with Gasteiger partial charge >= 0.3 is 5.97 Å². The number of benzene rings is 1. The molecule has 2 rings (SSSR count). The number of carboxylic acid groups (broad SMARTS) is 1. The van der Waals surface area contributed by atoms with Gasteiger partial charge in [0.05, 0.1) is 11.4 Å². The molecule has 7 heteroatoms. The molecule has 112 valence electrons. The van der Waals surface area contributed by atoms with Gasteiger partial charge in [0.15, 0.2) is 0 Å². The fourth-order valence-corrected chi connectivity index (χ4v) is 2.80. The van der Waals surface area contributed by atoms with E-state index in [2.05, 4.69) is 4.72 Å². The highest BCUT2D eigenvalue weighted by molar-refractivity contribution is 7.89. The van der Waals surface area contributed by atoms with Gasteiger partial charge in [-0.2, -0.15) is 0 Å².